The van der Waals surface area contributed by atoms with Gasteiger partial charge in [0.15, 0.2) is 0 Å². The van der Waals surface area contributed by atoms with Crippen molar-refractivity contribution in [3.63, 3.8) is 0 Å². The van der Waals surface area contributed by atoms with Crippen LogP contribution in [0.15, 0.2) is 11.3 Å². The van der Waals surface area contributed by atoms with Crippen LogP contribution in [0.25, 0.3) is 0 Å². The van der Waals surface area contributed by atoms with Crippen molar-refractivity contribution in [3.05, 3.63) is 11.3 Å². The van der Waals surface area contributed by atoms with Gasteiger partial charge >= 0.3 is 0 Å². The first-order valence-electron chi connectivity index (χ1n) is 5.10. The SMILES string of the molecule is CCCCCCCC(C)=C(C)N. The molecule has 2 N–H and O–H groups in total. The van der Waals surface area contributed by atoms with Crippen molar-refractivity contribution >= 4 is 0 Å². The van der Waals surface area contributed by atoms with E-state index in [2.05, 4.69) is 13.8 Å². The van der Waals surface area contributed by atoms with Gasteiger partial charge in [-0.2, -0.15) is 0 Å². The Morgan fingerprint density at radius 2 is 1.58 bits per heavy atom. The summed E-state index contributed by atoms with van der Waals surface area (Å²) in [5, 5.41) is 0. The maximum atomic E-state index is 5.66. The van der Waals surface area contributed by atoms with Gasteiger partial charge in [-0.1, -0.05) is 38.2 Å². The normalized spacial score (nSPS) is 12.9. The molecule has 0 bridgehead atoms. The van der Waals surface area contributed by atoms with E-state index in [9.17, 15) is 0 Å². The highest BCUT2D eigenvalue weighted by Gasteiger charge is 1.93. The van der Waals surface area contributed by atoms with Gasteiger partial charge in [0.25, 0.3) is 0 Å². The van der Waals surface area contributed by atoms with Crippen molar-refractivity contribution < 1.29 is 0 Å². The van der Waals surface area contributed by atoms with Gasteiger partial charge in [-0.3, -0.25) is 0 Å². The second-order valence-corrected chi connectivity index (χ2v) is 3.63. The van der Waals surface area contributed by atoms with E-state index in [1.165, 1.54) is 44.1 Å². The van der Waals surface area contributed by atoms with E-state index in [1.807, 2.05) is 6.92 Å². The minimum atomic E-state index is 1.01. The number of nitrogens with two attached hydrogens (primary N) is 1. The lowest BCUT2D eigenvalue weighted by Crippen LogP contribution is -1.95. The van der Waals surface area contributed by atoms with Crippen LogP contribution in [-0.4, -0.2) is 0 Å². The van der Waals surface area contributed by atoms with E-state index in [0.29, 0.717) is 0 Å². The summed E-state index contributed by atoms with van der Waals surface area (Å²) in [6, 6.07) is 0. The molecule has 1 heteroatoms. The van der Waals surface area contributed by atoms with Crippen LogP contribution in [0.2, 0.25) is 0 Å². The molecule has 0 aromatic carbocycles. The van der Waals surface area contributed by atoms with Gasteiger partial charge in [0.05, 0.1) is 0 Å². The van der Waals surface area contributed by atoms with E-state index in [0.717, 1.165) is 5.70 Å². The Hall–Kier alpha value is -0.460. The smallest absolute Gasteiger partial charge is 0.00379 e. The standard InChI is InChI=1S/C11H23N/c1-4-5-6-7-8-9-10(2)11(3)12/h4-9,12H2,1-3H3. The van der Waals surface area contributed by atoms with E-state index in [1.54, 1.807) is 0 Å². The predicted molar refractivity (Wildman–Crippen MR) is 55.9 cm³/mol. The van der Waals surface area contributed by atoms with Crippen molar-refractivity contribution in [3.8, 4) is 0 Å². The molecule has 0 aliphatic rings. The Labute approximate surface area is 77.0 Å². The first kappa shape index (κ1) is 11.5. The summed E-state index contributed by atoms with van der Waals surface area (Å²) >= 11 is 0. The van der Waals surface area contributed by atoms with E-state index in [-0.39, 0.29) is 0 Å². The Kier molecular flexibility index (Phi) is 6.93. The molecule has 0 aliphatic heterocycles. The molecule has 0 aromatic rings. The molecule has 0 heterocycles. The van der Waals surface area contributed by atoms with Gasteiger partial charge in [0.1, 0.15) is 0 Å². The maximum Gasteiger partial charge on any atom is 0.00379 e. The van der Waals surface area contributed by atoms with Gasteiger partial charge in [0.2, 0.25) is 0 Å². The third kappa shape index (κ3) is 6.26. The van der Waals surface area contributed by atoms with Gasteiger partial charge in [-0.05, 0) is 26.7 Å². The highest BCUT2D eigenvalue weighted by molar-refractivity contribution is 5.04. The molecule has 12 heavy (non-hydrogen) atoms. The fourth-order valence-corrected chi connectivity index (χ4v) is 1.19. The van der Waals surface area contributed by atoms with Crippen molar-refractivity contribution in [2.45, 2.75) is 59.3 Å². The highest BCUT2D eigenvalue weighted by atomic mass is 14.6. The third-order valence-electron chi connectivity index (χ3n) is 2.33. The molecule has 0 atom stereocenters. The van der Waals surface area contributed by atoms with Crippen LogP contribution in [-0.2, 0) is 0 Å². The summed E-state index contributed by atoms with van der Waals surface area (Å²) in [6.07, 6.45) is 7.94. The lowest BCUT2D eigenvalue weighted by atomic mass is 10.1. The summed E-state index contributed by atoms with van der Waals surface area (Å²) < 4.78 is 0. The monoisotopic (exact) mass is 169 g/mol. The average Bonchev–Trinajstić information content (AvgIpc) is 2.03. The second kappa shape index (κ2) is 7.20. The van der Waals surface area contributed by atoms with Crippen LogP contribution in [0.1, 0.15) is 59.3 Å². The van der Waals surface area contributed by atoms with Crippen molar-refractivity contribution in [2.75, 3.05) is 0 Å². The van der Waals surface area contributed by atoms with Crippen LogP contribution in [0.5, 0.6) is 0 Å². The van der Waals surface area contributed by atoms with Crippen molar-refractivity contribution in [1.29, 1.82) is 0 Å². The Morgan fingerprint density at radius 1 is 1.00 bits per heavy atom. The quantitative estimate of drug-likeness (QED) is 0.604. The van der Waals surface area contributed by atoms with Gasteiger partial charge in [-0.15, -0.1) is 0 Å². The zero-order chi connectivity index (χ0) is 9.40. The molecule has 0 radical (unpaired) electrons. The number of unbranched alkanes of at least 4 members (excludes halogenated alkanes) is 4. The highest BCUT2D eigenvalue weighted by Crippen LogP contribution is 2.11. The molecule has 0 saturated carbocycles. The number of rotatable bonds is 6. The average molecular weight is 169 g/mol. The minimum Gasteiger partial charge on any atom is -0.402 e. The first-order chi connectivity index (χ1) is 5.68. The molecule has 0 amide bonds. The fourth-order valence-electron chi connectivity index (χ4n) is 1.19. The molecule has 72 valence electrons. The Bertz CT molecular complexity index is 132. The number of allylic oxidation sites excluding steroid dienone is 2. The molecule has 1 nitrogen and oxygen atoms in total. The maximum absolute atomic E-state index is 5.66. The van der Waals surface area contributed by atoms with Gasteiger partial charge in [-0.25, -0.2) is 0 Å². The molecule has 0 saturated heterocycles. The Morgan fingerprint density at radius 3 is 2.08 bits per heavy atom. The van der Waals surface area contributed by atoms with Crippen LogP contribution < -0.4 is 5.73 Å². The lowest BCUT2D eigenvalue weighted by molar-refractivity contribution is 0.629. The predicted octanol–water partition coefficient (Wildman–Crippen LogP) is 3.60. The van der Waals surface area contributed by atoms with Crippen LogP contribution in [0, 0.1) is 0 Å². The van der Waals surface area contributed by atoms with Crippen LogP contribution in [0.4, 0.5) is 0 Å². The molecule has 0 aliphatic carbocycles. The summed E-state index contributed by atoms with van der Waals surface area (Å²) in [4.78, 5) is 0. The zero-order valence-electron chi connectivity index (χ0n) is 8.82. The van der Waals surface area contributed by atoms with E-state index in [4.69, 9.17) is 5.73 Å². The fraction of sp³-hybridized carbons (Fsp3) is 0.818. The van der Waals surface area contributed by atoms with E-state index < -0.39 is 0 Å². The van der Waals surface area contributed by atoms with Gasteiger partial charge in [0, 0.05) is 5.70 Å². The number of hydrogen-bond donors (Lipinski definition) is 1. The summed E-state index contributed by atoms with van der Waals surface area (Å²) in [6.45, 7) is 6.37. The molecule has 0 spiro atoms. The summed E-state index contributed by atoms with van der Waals surface area (Å²) in [7, 11) is 0. The van der Waals surface area contributed by atoms with Crippen LogP contribution >= 0.6 is 0 Å². The first-order valence-corrected chi connectivity index (χ1v) is 5.10. The molecular weight excluding hydrogens is 146 g/mol. The molecule has 0 unspecified atom stereocenters. The molecule has 0 aromatic heterocycles. The summed E-state index contributed by atoms with van der Waals surface area (Å²) in [5.41, 5.74) is 8.03. The van der Waals surface area contributed by atoms with Gasteiger partial charge < -0.3 is 5.73 Å². The molecule has 0 fully saturated rings. The summed E-state index contributed by atoms with van der Waals surface area (Å²) in [5.74, 6) is 0. The van der Waals surface area contributed by atoms with Crippen molar-refractivity contribution in [1.82, 2.24) is 0 Å². The molecular formula is C11H23N. The topological polar surface area (TPSA) is 26.0 Å². The largest absolute Gasteiger partial charge is 0.402 e. The van der Waals surface area contributed by atoms with Crippen molar-refractivity contribution in [2.24, 2.45) is 5.73 Å². The second-order valence-electron chi connectivity index (χ2n) is 3.63. The zero-order valence-corrected chi connectivity index (χ0v) is 8.82. The third-order valence-corrected chi connectivity index (χ3v) is 2.33. The molecule has 0 rings (SSSR count). The Balaban J connectivity index is 3.26. The number of hydrogen-bond acceptors (Lipinski definition) is 1. The minimum absolute atomic E-state index is 1.01. The lowest BCUT2D eigenvalue weighted by Gasteiger charge is -2.03. The van der Waals surface area contributed by atoms with E-state index >= 15 is 0 Å². The van der Waals surface area contributed by atoms with Crippen LogP contribution in [0.3, 0.4) is 0 Å².